The molecule has 0 aliphatic carbocycles. The number of carboxylic acids is 1. The topological polar surface area (TPSA) is 76.1 Å². The second kappa shape index (κ2) is 6.34. The molecule has 2 aliphatic heterocycles. The van der Waals surface area contributed by atoms with E-state index in [1.165, 1.54) is 4.90 Å². The SMILES string of the molecule is C[C@H](OC[C@@H]1CCCO1)C(=O)N1CCC[C@H]1C(=O)O. The van der Waals surface area contributed by atoms with Crippen LogP contribution in [-0.4, -0.2) is 59.9 Å². The van der Waals surface area contributed by atoms with Crippen molar-refractivity contribution in [3.05, 3.63) is 0 Å². The second-order valence-corrected chi connectivity index (χ2v) is 5.14. The number of hydrogen-bond acceptors (Lipinski definition) is 4. The molecule has 6 nitrogen and oxygen atoms in total. The Kier molecular flexibility index (Phi) is 4.76. The van der Waals surface area contributed by atoms with Gasteiger partial charge in [-0.15, -0.1) is 0 Å². The zero-order valence-corrected chi connectivity index (χ0v) is 11.2. The number of amides is 1. The lowest BCUT2D eigenvalue weighted by atomic mass is 10.2. The third-order valence-electron chi connectivity index (χ3n) is 3.72. The summed E-state index contributed by atoms with van der Waals surface area (Å²) in [5, 5.41) is 9.06. The van der Waals surface area contributed by atoms with Crippen molar-refractivity contribution in [3.63, 3.8) is 0 Å². The summed E-state index contributed by atoms with van der Waals surface area (Å²) < 4.78 is 10.9. The van der Waals surface area contributed by atoms with Gasteiger partial charge in [0.1, 0.15) is 12.1 Å². The van der Waals surface area contributed by atoms with E-state index in [0.717, 1.165) is 25.9 Å². The molecule has 2 fully saturated rings. The van der Waals surface area contributed by atoms with Gasteiger partial charge in [0.25, 0.3) is 5.91 Å². The number of carbonyl (C=O) groups is 2. The van der Waals surface area contributed by atoms with Crippen LogP contribution >= 0.6 is 0 Å². The van der Waals surface area contributed by atoms with Gasteiger partial charge in [-0.05, 0) is 32.6 Å². The van der Waals surface area contributed by atoms with Crippen molar-refractivity contribution in [2.75, 3.05) is 19.8 Å². The molecule has 19 heavy (non-hydrogen) atoms. The number of likely N-dealkylation sites (tertiary alicyclic amines) is 1. The molecular formula is C13H21NO5. The smallest absolute Gasteiger partial charge is 0.326 e. The lowest BCUT2D eigenvalue weighted by Crippen LogP contribution is -2.45. The molecule has 0 saturated carbocycles. The van der Waals surface area contributed by atoms with Crippen LogP contribution in [0.2, 0.25) is 0 Å². The van der Waals surface area contributed by atoms with Crippen LogP contribution in [0, 0.1) is 0 Å². The zero-order chi connectivity index (χ0) is 13.8. The molecule has 2 rings (SSSR count). The fraction of sp³-hybridized carbons (Fsp3) is 0.846. The zero-order valence-electron chi connectivity index (χ0n) is 11.2. The van der Waals surface area contributed by atoms with Gasteiger partial charge >= 0.3 is 5.97 Å². The lowest BCUT2D eigenvalue weighted by molar-refractivity contribution is -0.154. The van der Waals surface area contributed by atoms with Crippen molar-refractivity contribution < 1.29 is 24.2 Å². The number of carboxylic acid groups (broad SMARTS) is 1. The molecule has 0 bridgehead atoms. The molecule has 1 N–H and O–H groups in total. The molecule has 2 aliphatic rings. The third-order valence-corrected chi connectivity index (χ3v) is 3.72. The Morgan fingerprint density at radius 3 is 2.84 bits per heavy atom. The van der Waals surface area contributed by atoms with Crippen LogP contribution in [0.15, 0.2) is 0 Å². The monoisotopic (exact) mass is 271 g/mol. The number of rotatable bonds is 5. The number of hydrogen-bond donors (Lipinski definition) is 1. The van der Waals surface area contributed by atoms with E-state index in [4.69, 9.17) is 14.6 Å². The summed E-state index contributed by atoms with van der Waals surface area (Å²) in [5.41, 5.74) is 0. The first-order valence-electron chi connectivity index (χ1n) is 6.86. The maximum Gasteiger partial charge on any atom is 0.326 e. The van der Waals surface area contributed by atoms with Gasteiger partial charge in [-0.3, -0.25) is 4.79 Å². The molecule has 0 spiro atoms. The van der Waals surface area contributed by atoms with E-state index in [-0.39, 0.29) is 12.0 Å². The number of carbonyl (C=O) groups excluding carboxylic acids is 1. The van der Waals surface area contributed by atoms with E-state index in [9.17, 15) is 9.59 Å². The fourth-order valence-corrected chi connectivity index (χ4v) is 2.62. The fourth-order valence-electron chi connectivity index (χ4n) is 2.62. The first-order valence-corrected chi connectivity index (χ1v) is 6.86. The first kappa shape index (κ1) is 14.3. The van der Waals surface area contributed by atoms with E-state index in [1.54, 1.807) is 6.92 Å². The van der Waals surface area contributed by atoms with Gasteiger partial charge in [0.15, 0.2) is 0 Å². The van der Waals surface area contributed by atoms with Crippen molar-refractivity contribution in [3.8, 4) is 0 Å². The molecule has 0 unspecified atom stereocenters. The van der Waals surface area contributed by atoms with Gasteiger partial charge in [-0.2, -0.15) is 0 Å². The Morgan fingerprint density at radius 2 is 2.21 bits per heavy atom. The van der Waals surface area contributed by atoms with Gasteiger partial charge < -0.3 is 19.5 Å². The average molecular weight is 271 g/mol. The summed E-state index contributed by atoms with van der Waals surface area (Å²) in [5.74, 6) is -1.17. The molecule has 1 amide bonds. The Balaban J connectivity index is 1.82. The molecule has 0 aromatic heterocycles. The highest BCUT2D eigenvalue weighted by molar-refractivity contribution is 5.86. The molecule has 0 radical (unpaired) electrons. The van der Waals surface area contributed by atoms with Crippen LogP contribution in [-0.2, 0) is 19.1 Å². The molecule has 108 valence electrons. The molecule has 6 heteroatoms. The van der Waals surface area contributed by atoms with Gasteiger partial charge in [0.05, 0.1) is 12.7 Å². The van der Waals surface area contributed by atoms with Crippen LogP contribution in [0.3, 0.4) is 0 Å². The molecule has 3 atom stereocenters. The normalized spacial score (nSPS) is 28.6. The molecule has 2 heterocycles. The largest absolute Gasteiger partial charge is 0.480 e. The van der Waals surface area contributed by atoms with Gasteiger partial charge in [0.2, 0.25) is 0 Å². The van der Waals surface area contributed by atoms with E-state index in [1.807, 2.05) is 0 Å². The minimum Gasteiger partial charge on any atom is -0.480 e. The summed E-state index contributed by atoms with van der Waals surface area (Å²) in [6.07, 6.45) is 2.72. The maximum atomic E-state index is 12.2. The predicted molar refractivity (Wildman–Crippen MR) is 66.8 cm³/mol. The van der Waals surface area contributed by atoms with Crippen molar-refractivity contribution in [1.29, 1.82) is 0 Å². The molecular weight excluding hydrogens is 250 g/mol. The van der Waals surface area contributed by atoms with Crippen molar-refractivity contribution in [2.45, 2.75) is 50.9 Å². The van der Waals surface area contributed by atoms with E-state index in [0.29, 0.717) is 19.6 Å². The predicted octanol–water partition coefficient (Wildman–Crippen LogP) is 0.646. The highest BCUT2D eigenvalue weighted by Crippen LogP contribution is 2.20. The summed E-state index contributed by atoms with van der Waals surface area (Å²) in [4.78, 5) is 24.6. The van der Waals surface area contributed by atoms with Gasteiger partial charge in [0, 0.05) is 13.2 Å². The maximum absolute atomic E-state index is 12.2. The van der Waals surface area contributed by atoms with Gasteiger partial charge in [-0.25, -0.2) is 4.79 Å². The number of aliphatic carboxylic acids is 1. The summed E-state index contributed by atoms with van der Waals surface area (Å²) in [6.45, 7) is 3.33. The molecule has 0 aromatic carbocycles. The first-order chi connectivity index (χ1) is 9.09. The minimum absolute atomic E-state index is 0.0732. The third kappa shape index (κ3) is 3.45. The minimum atomic E-state index is -0.933. The van der Waals surface area contributed by atoms with E-state index in [2.05, 4.69) is 0 Å². The molecule has 2 saturated heterocycles. The van der Waals surface area contributed by atoms with Crippen molar-refractivity contribution >= 4 is 11.9 Å². The quantitative estimate of drug-likeness (QED) is 0.794. The second-order valence-electron chi connectivity index (χ2n) is 5.14. The Bertz CT molecular complexity index is 340. The Labute approximate surface area is 112 Å². The van der Waals surface area contributed by atoms with Crippen molar-refractivity contribution in [2.24, 2.45) is 0 Å². The lowest BCUT2D eigenvalue weighted by Gasteiger charge is -2.25. The number of nitrogens with zero attached hydrogens (tertiary/aromatic N) is 1. The average Bonchev–Trinajstić information content (AvgIpc) is 3.05. The Hall–Kier alpha value is -1.14. The van der Waals surface area contributed by atoms with Crippen LogP contribution in [0.25, 0.3) is 0 Å². The highest BCUT2D eigenvalue weighted by atomic mass is 16.5. The van der Waals surface area contributed by atoms with Crippen molar-refractivity contribution in [1.82, 2.24) is 4.90 Å². The highest BCUT2D eigenvalue weighted by Gasteiger charge is 2.36. The Morgan fingerprint density at radius 1 is 1.42 bits per heavy atom. The van der Waals surface area contributed by atoms with Crippen LogP contribution in [0.1, 0.15) is 32.6 Å². The van der Waals surface area contributed by atoms with Crippen LogP contribution < -0.4 is 0 Å². The van der Waals surface area contributed by atoms with Crippen LogP contribution in [0.5, 0.6) is 0 Å². The summed E-state index contributed by atoms with van der Waals surface area (Å²) in [6, 6.07) is -0.693. The molecule has 0 aromatic rings. The van der Waals surface area contributed by atoms with Gasteiger partial charge in [-0.1, -0.05) is 0 Å². The van der Waals surface area contributed by atoms with Crippen LogP contribution in [0.4, 0.5) is 0 Å². The van der Waals surface area contributed by atoms with E-state index >= 15 is 0 Å². The standard InChI is InChI=1S/C13H21NO5/c1-9(19-8-10-4-3-7-18-10)12(15)14-6-2-5-11(14)13(16)17/h9-11H,2-8H2,1H3,(H,16,17)/t9-,10-,11-/m0/s1. The summed E-state index contributed by atoms with van der Waals surface area (Å²) >= 11 is 0. The number of ether oxygens (including phenoxy) is 2. The summed E-state index contributed by atoms with van der Waals surface area (Å²) in [7, 11) is 0. The van der Waals surface area contributed by atoms with E-state index < -0.39 is 18.1 Å².